The van der Waals surface area contributed by atoms with Gasteiger partial charge in [0.1, 0.15) is 11.5 Å². The number of carbonyl (C=O) groups excluding carboxylic acids is 1. The SMILES string of the molecule is O=C(NCCCCO)c1ccc(O)cc1O. The zero-order valence-electron chi connectivity index (χ0n) is 8.81. The standard InChI is InChI=1S/C11H15NO4/c13-6-2-1-5-12-11(16)9-4-3-8(14)7-10(9)15/h3-4,7,13-15H,1-2,5-6H2,(H,12,16). The molecule has 5 heteroatoms. The second kappa shape index (κ2) is 5.97. The van der Waals surface area contributed by atoms with Crippen molar-refractivity contribution in [2.75, 3.05) is 13.2 Å². The summed E-state index contributed by atoms with van der Waals surface area (Å²) < 4.78 is 0. The first-order chi connectivity index (χ1) is 7.65. The molecule has 0 saturated heterocycles. The van der Waals surface area contributed by atoms with E-state index in [1.807, 2.05) is 0 Å². The van der Waals surface area contributed by atoms with Crippen LogP contribution in [-0.2, 0) is 0 Å². The Bertz CT molecular complexity index is 365. The molecular formula is C11H15NO4. The Morgan fingerprint density at radius 2 is 2.00 bits per heavy atom. The molecule has 0 aliphatic carbocycles. The Hall–Kier alpha value is -1.75. The highest BCUT2D eigenvalue weighted by Crippen LogP contribution is 2.22. The highest BCUT2D eigenvalue weighted by atomic mass is 16.3. The van der Waals surface area contributed by atoms with Gasteiger partial charge in [0, 0.05) is 19.2 Å². The van der Waals surface area contributed by atoms with Crippen LogP contribution in [0.15, 0.2) is 18.2 Å². The van der Waals surface area contributed by atoms with E-state index in [1.165, 1.54) is 12.1 Å². The summed E-state index contributed by atoms with van der Waals surface area (Å²) in [6.45, 7) is 0.542. The fraction of sp³-hybridized carbons (Fsp3) is 0.364. The number of benzene rings is 1. The van der Waals surface area contributed by atoms with Gasteiger partial charge in [-0.1, -0.05) is 0 Å². The van der Waals surface area contributed by atoms with E-state index >= 15 is 0 Å². The zero-order valence-corrected chi connectivity index (χ0v) is 8.81. The highest BCUT2D eigenvalue weighted by molar-refractivity contribution is 5.96. The van der Waals surface area contributed by atoms with Crippen LogP contribution in [0.2, 0.25) is 0 Å². The maximum Gasteiger partial charge on any atom is 0.255 e. The molecule has 0 radical (unpaired) electrons. The fourth-order valence-electron chi connectivity index (χ4n) is 1.25. The summed E-state index contributed by atoms with van der Waals surface area (Å²) in [6, 6.07) is 3.80. The zero-order chi connectivity index (χ0) is 12.0. The maximum absolute atomic E-state index is 11.5. The number of rotatable bonds is 5. The Labute approximate surface area is 93.4 Å². The molecule has 0 aliphatic heterocycles. The van der Waals surface area contributed by atoms with Gasteiger partial charge >= 0.3 is 0 Å². The van der Waals surface area contributed by atoms with Crippen molar-refractivity contribution in [1.82, 2.24) is 5.32 Å². The van der Waals surface area contributed by atoms with Crippen LogP contribution in [-0.4, -0.2) is 34.4 Å². The topological polar surface area (TPSA) is 89.8 Å². The first-order valence-corrected chi connectivity index (χ1v) is 5.06. The Morgan fingerprint density at radius 3 is 2.62 bits per heavy atom. The van der Waals surface area contributed by atoms with Crippen LogP contribution in [0.3, 0.4) is 0 Å². The normalized spacial score (nSPS) is 10.1. The number of carbonyl (C=O) groups is 1. The van der Waals surface area contributed by atoms with Crippen LogP contribution < -0.4 is 5.32 Å². The van der Waals surface area contributed by atoms with Crippen LogP contribution >= 0.6 is 0 Å². The van der Waals surface area contributed by atoms with Crippen molar-refractivity contribution < 1.29 is 20.1 Å². The summed E-state index contributed by atoms with van der Waals surface area (Å²) >= 11 is 0. The monoisotopic (exact) mass is 225 g/mol. The number of phenols is 2. The Balaban J connectivity index is 2.53. The lowest BCUT2D eigenvalue weighted by molar-refractivity contribution is 0.0949. The number of phenolic OH excluding ortho intramolecular Hbond substituents is 2. The number of aliphatic hydroxyl groups is 1. The van der Waals surface area contributed by atoms with Crippen LogP contribution in [0.5, 0.6) is 11.5 Å². The van der Waals surface area contributed by atoms with Crippen LogP contribution in [0.25, 0.3) is 0 Å². The van der Waals surface area contributed by atoms with Gasteiger partial charge in [-0.15, -0.1) is 0 Å². The molecule has 0 aromatic heterocycles. The predicted octanol–water partition coefficient (Wildman–Crippen LogP) is 0.600. The lowest BCUT2D eigenvalue weighted by atomic mass is 10.1. The second-order valence-electron chi connectivity index (χ2n) is 3.39. The molecular weight excluding hydrogens is 210 g/mol. The van der Waals surface area contributed by atoms with E-state index in [0.717, 1.165) is 6.07 Å². The van der Waals surface area contributed by atoms with Crippen molar-refractivity contribution in [3.63, 3.8) is 0 Å². The van der Waals surface area contributed by atoms with Gasteiger partial charge in [0.15, 0.2) is 0 Å². The molecule has 0 bridgehead atoms. The third-order valence-corrected chi connectivity index (χ3v) is 2.10. The van der Waals surface area contributed by atoms with Crippen LogP contribution in [0, 0.1) is 0 Å². The molecule has 88 valence electrons. The molecule has 0 heterocycles. The molecule has 16 heavy (non-hydrogen) atoms. The van der Waals surface area contributed by atoms with Gasteiger partial charge in [-0.25, -0.2) is 0 Å². The number of nitrogens with one attached hydrogen (secondary N) is 1. The molecule has 5 nitrogen and oxygen atoms in total. The van der Waals surface area contributed by atoms with E-state index in [9.17, 15) is 9.90 Å². The number of hydrogen-bond donors (Lipinski definition) is 4. The van der Waals surface area contributed by atoms with E-state index in [0.29, 0.717) is 19.4 Å². The molecule has 0 atom stereocenters. The summed E-state index contributed by atoms with van der Waals surface area (Å²) in [5.74, 6) is -0.732. The molecule has 0 unspecified atom stereocenters. The molecule has 0 spiro atoms. The van der Waals surface area contributed by atoms with E-state index in [4.69, 9.17) is 10.2 Å². The van der Waals surface area contributed by atoms with Gasteiger partial charge in [-0.3, -0.25) is 4.79 Å². The number of hydrogen-bond acceptors (Lipinski definition) is 4. The summed E-state index contributed by atoms with van der Waals surface area (Å²) in [4.78, 5) is 11.5. The van der Waals surface area contributed by atoms with Crippen LogP contribution in [0.4, 0.5) is 0 Å². The van der Waals surface area contributed by atoms with Crippen molar-refractivity contribution in [3.05, 3.63) is 23.8 Å². The first kappa shape index (κ1) is 12.3. The lowest BCUT2D eigenvalue weighted by Crippen LogP contribution is -2.24. The highest BCUT2D eigenvalue weighted by Gasteiger charge is 2.10. The van der Waals surface area contributed by atoms with Gasteiger partial charge in [0.05, 0.1) is 5.56 Å². The summed E-state index contributed by atoms with van der Waals surface area (Å²) in [7, 11) is 0. The number of aromatic hydroxyl groups is 2. The van der Waals surface area contributed by atoms with Crippen molar-refractivity contribution in [2.24, 2.45) is 0 Å². The van der Waals surface area contributed by atoms with Crippen molar-refractivity contribution in [1.29, 1.82) is 0 Å². The number of amides is 1. The Kier molecular flexibility index (Phi) is 4.60. The summed E-state index contributed by atoms with van der Waals surface area (Å²) in [5.41, 5.74) is 0.127. The fourth-order valence-corrected chi connectivity index (χ4v) is 1.25. The van der Waals surface area contributed by atoms with Crippen molar-refractivity contribution in [3.8, 4) is 11.5 Å². The summed E-state index contributed by atoms with van der Waals surface area (Å²) in [5, 5.41) is 29.6. The molecule has 1 aromatic rings. The first-order valence-electron chi connectivity index (χ1n) is 5.06. The predicted molar refractivity (Wildman–Crippen MR) is 58.4 cm³/mol. The van der Waals surface area contributed by atoms with Crippen LogP contribution in [0.1, 0.15) is 23.2 Å². The molecule has 1 amide bonds. The average Bonchev–Trinajstić information content (AvgIpc) is 2.24. The smallest absolute Gasteiger partial charge is 0.255 e. The van der Waals surface area contributed by atoms with Gasteiger partial charge < -0.3 is 20.6 Å². The van der Waals surface area contributed by atoms with Gasteiger partial charge in [-0.2, -0.15) is 0 Å². The van der Waals surface area contributed by atoms with Crippen molar-refractivity contribution >= 4 is 5.91 Å². The molecule has 0 aliphatic rings. The maximum atomic E-state index is 11.5. The quantitative estimate of drug-likeness (QED) is 0.552. The second-order valence-corrected chi connectivity index (χ2v) is 3.39. The third-order valence-electron chi connectivity index (χ3n) is 2.10. The van der Waals surface area contributed by atoms with Gasteiger partial charge in [0.25, 0.3) is 5.91 Å². The molecule has 0 fully saturated rings. The van der Waals surface area contributed by atoms with E-state index in [2.05, 4.69) is 5.32 Å². The van der Waals surface area contributed by atoms with E-state index < -0.39 is 5.91 Å². The lowest BCUT2D eigenvalue weighted by Gasteiger charge is -2.06. The average molecular weight is 225 g/mol. The molecule has 1 rings (SSSR count). The molecule has 4 N–H and O–H groups in total. The van der Waals surface area contributed by atoms with Crippen molar-refractivity contribution in [2.45, 2.75) is 12.8 Å². The molecule has 0 saturated carbocycles. The minimum absolute atomic E-state index is 0.0886. The largest absolute Gasteiger partial charge is 0.508 e. The number of aliphatic hydroxyl groups excluding tert-OH is 1. The summed E-state index contributed by atoms with van der Waals surface area (Å²) in [6.07, 6.45) is 1.31. The third kappa shape index (κ3) is 3.43. The van der Waals surface area contributed by atoms with Gasteiger partial charge in [-0.05, 0) is 25.0 Å². The van der Waals surface area contributed by atoms with Gasteiger partial charge in [0.2, 0.25) is 0 Å². The van der Waals surface area contributed by atoms with E-state index in [-0.39, 0.29) is 23.7 Å². The minimum atomic E-state index is -0.393. The molecule has 1 aromatic carbocycles. The van der Waals surface area contributed by atoms with E-state index in [1.54, 1.807) is 0 Å². The minimum Gasteiger partial charge on any atom is -0.508 e. The Morgan fingerprint density at radius 1 is 1.25 bits per heavy atom. The number of unbranched alkanes of at least 4 members (excludes halogenated alkanes) is 1.